The second-order valence-electron chi connectivity index (χ2n) is 6.96. The number of amides is 1. The lowest BCUT2D eigenvalue weighted by Crippen LogP contribution is -2.38. The Kier molecular flexibility index (Phi) is 7.04. The van der Waals surface area contributed by atoms with Crippen molar-refractivity contribution in [2.24, 2.45) is 0 Å². The number of nitrogens with one attached hydrogen (secondary N) is 2. The molecule has 160 valence electrons. The van der Waals surface area contributed by atoms with Crippen molar-refractivity contribution in [3.8, 4) is 0 Å². The molecule has 1 atom stereocenters. The summed E-state index contributed by atoms with van der Waals surface area (Å²) in [6.07, 6.45) is 0.0406. The van der Waals surface area contributed by atoms with Crippen LogP contribution in [0.1, 0.15) is 44.1 Å². The molecule has 1 amide bonds. The number of aliphatic carboxylic acids is 1. The van der Waals surface area contributed by atoms with Gasteiger partial charge in [0.2, 0.25) is 0 Å². The van der Waals surface area contributed by atoms with E-state index in [1.807, 2.05) is 30.3 Å². The molecule has 0 aliphatic heterocycles. The lowest BCUT2D eigenvalue weighted by molar-refractivity contribution is -0.137. The molecular weight excluding hydrogens is 422 g/mol. The molecule has 0 spiro atoms. The van der Waals surface area contributed by atoms with Gasteiger partial charge in [-0.2, -0.15) is 5.10 Å². The second-order valence-corrected chi connectivity index (χ2v) is 7.36. The summed E-state index contributed by atoms with van der Waals surface area (Å²) < 4.78 is 0. The molecule has 0 unspecified atom stereocenters. The Morgan fingerprint density at radius 2 is 1.71 bits per heavy atom. The van der Waals surface area contributed by atoms with E-state index >= 15 is 0 Å². The zero-order valence-electron chi connectivity index (χ0n) is 16.3. The number of carboxylic acid groups (broad SMARTS) is 2. The van der Waals surface area contributed by atoms with E-state index in [2.05, 4.69) is 15.5 Å². The summed E-state index contributed by atoms with van der Waals surface area (Å²) in [6, 6.07) is 15.3. The Hall–Kier alpha value is -3.65. The van der Waals surface area contributed by atoms with Gasteiger partial charge in [-0.05, 0) is 23.6 Å². The normalized spacial score (nSPS) is 11.6. The lowest BCUT2D eigenvalue weighted by atomic mass is 10.0. The van der Waals surface area contributed by atoms with E-state index < -0.39 is 23.9 Å². The smallest absolute Gasteiger partial charge is 0.354 e. The van der Waals surface area contributed by atoms with Crippen molar-refractivity contribution in [3.05, 3.63) is 87.7 Å². The first kappa shape index (κ1) is 22.0. The number of carboxylic acids is 2. The van der Waals surface area contributed by atoms with E-state index in [0.29, 0.717) is 10.6 Å². The fourth-order valence-corrected chi connectivity index (χ4v) is 3.48. The molecule has 2 aromatic carbocycles. The molecule has 9 heteroatoms. The SMILES string of the molecule is O=C(O)C[C@@H](Cc1ccccc1Cl)NC(=O)c1n[nH]c(C(=O)O)c1Cc1ccccc1. The molecule has 8 nitrogen and oxygen atoms in total. The van der Waals surface area contributed by atoms with Gasteiger partial charge in [-0.25, -0.2) is 4.79 Å². The van der Waals surface area contributed by atoms with Crippen LogP contribution in [0, 0.1) is 0 Å². The Morgan fingerprint density at radius 3 is 2.35 bits per heavy atom. The molecule has 3 rings (SSSR count). The first-order valence-electron chi connectivity index (χ1n) is 9.45. The summed E-state index contributed by atoms with van der Waals surface area (Å²) >= 11 is 6.17. The zero-order chi connectivity index (χ0) is 22.4. The van der Waals surface area contributed by atoms with E-state index in [1.54, 1.807) is 24.3 Å². The van der Waals surface area contributed by atoms with Gasteiger partial charge < -0.3 is 15.5 Å². The van der Waals surface area contributed by atoms with Crippen molar-refractivity contribution in [1.82, 2.24) is 15.5 Å². The predicted molar refractivity (Wildman–Crippen MR) is 113 cm³/mol. The number of carbonyl (C=O) groups excluding carboxylic acids is 1. The van der Waals surface area contributed by atoms with E-state index in [0.717, 1.165) is 5.56 Å². The van der Waals surface area contributed by atoms with E-state index in [4.69, 9.17) is 11.6 Å². The number of carbonyl (C=O) groups is 3. The largest absolute Gasteiger partial charge is 0.481 e. The van der Waals surface area contributed by atoms with Crippen LogP contribution >= 0.6 is 11.6 Å². The maximum Gasteiger partial charge on any atom is 0.354 e. The van der Waals surface area contributed by atoms with Crippen molar-refractivity contribution in [2.75, 3.05) is 0 Å². The first-order valence-corrected chi connectivity index (χ1v) is 9.83. The number of aromatic carboxylic acids is 1. The standard InChI is InChI=1S/C22H20ClN3O5/c23-17-9-5-4-8-14(17)11-15(12-18(27)28)24-21(29)19-16(20(22(30)31)26-25-19)10-13-6-2-1-3-7-13/h1-9,15H,10-12H2,(H,24,29)(H,25,26)(H,27,28)(H,30,31)/t15-/m1/s1. The number of aromatic nitrogens is 2. The van der Waals surface area contributed by atoms with Crippen LogP contribution in [-0.2, 0) is 17.6 Å². The second kappa shape index (κ2) is 9.90. The number of benzene rings is 2. The average molecular weight is 442 g/mol. The monoisotopic (exact) mass is 441 g/mol. The maximum absolute atomic E-state index is 12.9. The topological polar surface area (TPSA) is 132 Å². The molecule has 0 saturated carbocycles. The lowest BCUT2D eigenvalue weighted by Gasteiger charge is -2.17. The van der Waals surface area contributed by atoms with E-state index in [1.165, 1.54) is 0 Å². The van der Waals surface area contributed by atoms with Crippen LogP contribution in [-0.4, -0.2) is 44.3 Å². The highest BCUT2D eigenvalue weighted by molar-refractivity contribution is 6.31. The van der Waals surface area contributed by atoms with Gasteiger partial charge >= 0.3 is 11.9 Å². The van der Waals surface area contributed by atoms with Crippen LogP contribution in [0.3, 0.4) is 0 Å². The highest BCUT2D eigenvalue weighted by Gasteiger charge is 2.26. The molecule has 0 fully saturated rings. The Balaban J connectivity index is 1.87. The molecule has 3 aromatic rings. The van der Waals surface area contributed by atoms with Crippen LogP contribution in [0.2, 0.25) is 5.02 Å². The molecule has 0 aliphatic carbocycles. The molecule has 0 bridgehead atoms. The molecule has 1 aromatic heterocycles. The number of nitrogens with zero attached hydrogens (tertiary/aromatic N) is 1. The average Bonchev–Trinajstić information content (AvgIpc) is 3.14. The summed E-state index contributed by atoms with van der Waals surface area (Å²) in [5.41, 5.74) is 1.45. The fourth-order valence-electron chi connectivity index (χ4n) is 3.27. The van der Waals surface area contributed by atoms with Gasteiger partial charge in [-0.15, -0.1) is 0 Å². The van der Waals surface area contributed by atoms with Gasteiger partial charge in [-0.1, -0.05) is 60.1 Å². The summed E-state index contributed by atoms with van der Waals surface area (Å²) in [7, 11) is 0. The van der Waals surface area contributed by atoms with Gasteiger partial charge in [0.25, 0.3) is 5.91 Å². The molecule has 0 aliphatic rings. The number of hydrogen-bond acceptors (Lipinski definition) is 4. The minimum atomic E-state index is -1.24. The molecule has 1 heterocycles. The number of halogens is 1. The summed E-state index contributed by atoms with van der Waals surface area (Å²) in [5.74, 6) is -2.99. The third kappa shape index (κ3) is 5.70. The van der Waals surface area contributed by atoms with Gasteiger partial charge in [0.15, 0.2) is 5.69 Å². The predicted octanol–water partition coefficient (Wildman–Crippen LogP) is 3.17. The number of rotatable bonds is 9. The minimum absolute atomic E-state index is 0.0872. The van der Waals surface area contributed by atoms with Gasteiger partial charge in [0, 0.05) is 23.0 Å². The highest BCUT2D eigenvalue weighted by atomic mass is 35.5. The van der Waals surface area contributed by atoms with Crippen molar-refractivity contribution in [3.63, 3.8) is 0 Å². The van der Waals surface area contributed by atoms with Crippen LogP contribution in [0.15, 0.2) is 54.6 Å². The molecule has 4 N–H and O–H groups in total. The van der Waals surface area contributed by atoms with Crippen molar-refractivity contribution in [2.45, 2.75) is 25.3 Å². The maximum atomic E-state index is 12.9. The van der Waals surface area contributed by atoms with E-state index in [-0.39, 0.29) is 36.2 Å². The Morgan fingerprint density at radius 1 is 1.03 bits per heavy atom. The third-order valence-corrected chi connectivity index (χ3v) is 5.07. The summed E-state index contributed by atoms with van der Waals surface area (Å²) in [5, 5.41) is 28.2. The van der Waals surface area contributed by atoms with Crippen molar-refractivity contribution < 1.29 is 24.6 Å². The number of H-pyrrole nitrogens is 1. The molecule has 31 heavy (non-hydrogen) atoms. The van der Waals surface area contributed by atoms with Crippen LogP contribution < -0.4 is 5.32 Å². The number of aromatic amines is 1. The van der Waals surface area contributed by atoms with Crippen molar-refractivity contribution >= 4 is 29.4 Å². The summed E-state index contributed by atoms with van der Waals surface area (Å²) in [6.45, 7) is 0. The fraction of sp³-hybridized carbons (Fsp3) is 0.182. The van der Waals surface area contributed by atoms with E-state index in [9.17, 15) is 24.6 Å². The van der Waals surface area contributed by atoms with Crippen LogP contribution in [0.4, 0.5) is 0 Å². The Bertz CT molecular complexity index is 1100. The molecule has 0 saturated heterocycles. The molecular formula is C22H20ClN3O5. The Labute approximate surface area is 182 Å². The highest BCUT2D eigenvalue weighted by Crippen LogP contribution is 2.20. The zero-order valence-corrected chi connectivity index (χ0v) is 17.1. The first-order chi connectivity index (χ1) is 14.8. The van der Waals surface area contributed by atoms with Crippen molar-refractivity contribution in [1.29, 1.82) is 0 Å². The van der Waals surface area contributed by atoms with Crippen LogP contribution in [0.5, 0.6) is 0 Å². The van der Waals surface area contributed by atoms with Crippen LogP contribution in [0.25, 0.3) is 0 Å². The quantitative estimate of drug-likeness (QED) is 0.403. The summed E-state index contributed by atoms with van der Waals surface area (Å²) in [4.78, 5) is 35.9. The molecule has 0 radical (unpaired) electrons. The van der Waals surface area contributed by atoms with Gasteiger partial charge in [0.1, 0.15) is 5.69 Å². The minimum Gasteiger partial charge on any atom is -0.481 e. The number of hydrogen-bond donors (Lipinski definition) is 4. The van der Waals surface area contributed by atoms with Gasteiger partial charge in [-0.3, -0.25) is 14.7 Å². The third-order valence-electron chi connectivity index (χ3n) is 4.70. The van der Waals surface area contributed by atoms with Gasteiger partial charge in [0.05, 0.1) is 6.42 Å².